The van der Waals surface area contributed by atoms with E-state index in [9.17, 15) is 0 Å². The number of hydrogen-bond acceptors (Lipinski definition) is 5. The van der Waals surface area contributed by atoms with E-state index in [-0.39, 0.29) is 37.4 Å². The summed E-state index contributed by atoms with van der Waals surface area (Å²) in [7, 11) is -1.37. The van der Waals surface area contributed by atoms with Gasteiger partial charge in [-0.25, -0.2) is 0 Å². The van der Waals surface area contributed by atoms with Crippen molar-refractivity contribution in [2.45, 2.75) is 86.4 Å². The van der Waals surface area contributed by atoms with E-state index in [1.807, 2.05) is 54.6 Å². The van der Waals surface area contributed by atoms with E-state index in [2.05, 4.69) is 180 Å². The first-order chi connectivity index (χ1) is 31.2. The number of benzene rings is 6. The van der Waals surface area contributed by atoms with Gasteiger partial charge in [-0.2, -0.15) is 0 Å². The van der Waals surface area contributed by atoms with Crippen LogP contribution in [0.4, 0.5) is 0 Å². The molecule has 4 heterocycles. The van der Waals surface area contributed by atoms with Crippen molar-refractivity contribution in [3.63, 3.8) is 0 Å². The fourth-order valence-corrected chi connectivity index (χ4v) is 10.6. The quantitative estimate of drug-likeness (QED) is 0.112. The molecule has 0 aliphatic heterocycles. The number of furan rings is 1. The van der Waals surface area contributed by atoms with Crippen LogP contribution in [0.2, 0.25) is 19.6 Å². The van der Waals surface area contributed by atoms with E-state index in [1.54, 1.807) is 0 Å². The zero-order valence-electron chi connectivity index (χ0n) is 39.6. The van der Waals surface area contributed by atoms with Crippen LogP contribution in [0, 0.1) is 17.5 Å². The van der Waals surface area contributed by atoms with Crippen LogP contribution in [0.25, 0.3) is 83.5 Å². The van der Waals surface area contributed by atoms with Crippen molar-refractivity contribution in [3.05, 3.63) is 168 Å². The fraction of sp³-hybridized carbons (Fsp3) is 0.241. The normalized spacial score (nSPS) is 12.0. The molecule has 10 aromatic rings. The summed E-state index contributed by atoms with van der Waals surface area (Å²) in [5, 5.41) is 13.8. The van der Waals surface area contributed by atoms with Crippen molar-refractivity contribution in [2.24, 2.45) is 5.41 Å². The van der Waals surface area contributed by atoms with Gasteiger partial charge in [0.25, 0.3) is 0 Å². The second-order valence-electron chi connectivity index (χ2n) is 20.0. The molecular weight excluding hydrogens is 1000 g/mol. The van der Waals surface area contributed by atoms with Crippen LogP contribution in [0.3, 0.4) is 0 Å². The molecule has 0 aliphatic carbocycles. The minimum Gasteiger partial charge on any atom is -0.501 e. The summed E-state index contributed by atoms with van der Waals surface area (Å²) < 4.78 is 8.83. The van der Waals surface area contributed by atoms with Gasteiger partial charge in [0.15, 0.2) is 5.65 Å². The van der Waals surface area contributed by atoms with Gasteiger partial charge in [0.05, 0.1) is 30.5 Å². The van der Waals surface area contributed by atoms with Crippen LogP contribution in [-0.2, 0) is 26.5 Å². The first-order valence-corrected chi connectivity index (χ1v) is 26.3. The Hall–Kier alpha value is -6.05. The third-order valence-electron chi connectivity index (χ3n) is 12.1. The molecule has 1 radical (unpaired) electrons. The van der Waals surface area contributed by atoms with Crippen LogP contribution in [0.15, 0.2) is 144 Å². The third-order valence-corrected chi connectivity index (χ3v) is 14.1. The number of para-hydroxylation sites is 1. The number of rotatable bonds is 8. The van der Waals surface area contributed by atoms with E-state index in [4.69, 9.17) is 14.4 Å². The van der Waals surface area contributed by atoms with Crippen molar-refractivity contribution >= 4 is 57.3 Å². The molecule has 0 amide bonds. The van der Waals surface area contributed by atoms with Gasteiger partial charge in [0.1, 0.15) is 5.58 Å². The van der Waals surface area contributed by atoms with E-state index < -0.39 is 8.07 Å². The monoisotopic (exact) mass is 1060 g/mol. The Morgan fingerprint density at radius 2 is 1.35 bits per heavy atom. The maximum absolute atomic E-state index is 6.52. The van der Waals surface area contributed by atoms with Gasteiger partial charge in [0.2, 0.25) is 0 Å². The number of nitrogens with zero attached hydrogens (tertiary/aromatic N) is 5. The number of imidazole rings is 1. The maximum atomic E-state index is 6.52. The van der Waals surface area contributed by atoms with Crippen molar-refractivity contribution in [3.8, 4) is 39.5 Å². The first-order valence-electron chi connectivity index (χ1n) is 22.8. The topological polar surface area (TPSA) is 69.6 Å². The molecule has 6 aromatic carbocycles. The van der Waals surface area contributed by atoms with E-state index in [1.165, 1.54) is 33.0 Å². The van der Waals surface area contributed by atoms with Crippen molar-refractivity contribution in [1.82, 2.24) is 24.7 Å². The predicted molar refractivity (Wildman–Crippen MR) is 274 cm³/mol. The molecule has 10 rings (SSSR count). The van der Waals surface area contributed by atoms with Gasteiger partial charge in [-0.1, -0.05) is 157 Å². The average molecular weight is 1060 g/mol. The Morgan fingerprint density at radius 1 is 0.682 bits per heavy atom. The predicted octanol–water partition coefficient (Wildman–Crippen LogP) is 14.9. The van der Waals surface area contributed by atoms with Crippen LogP contribution in [0.5, 0.6) is 0 Å². The van der Waals surface area contributed by atoms with E-state index >= 15 is 0 Å². The Balaban J connectivity index is 0.000000228. The number of fused-ring (bicyclic) bond motifs is 6. The van der Waals surface area contributed by atoms with Gasteiger partial charge in [-0.15, -0.1) is 64.3 Å². The Morgan fingerprint density at radius 3 is 2.02 bits per heavy atom. The molecule has 335 valence electrons. The SMILES string of the molecule is CC(C)(C)Cc1cc(-c2[c-]cccc2)ncc1[Si](C)(C)C.CC(C)c1cc(-c2ccccc2)cc(C(C)C)c1-n1c(-c2[c-]ccc3c2oc2ccccc23)nc2nnc3ccccc3c21.[Ir]. The van der Waals surface area contributed by atoms with Crippen LogP contribution in [0.1, 0.15) is 77.0 Å². The maximum Gasteiger partial charge on any atom is 0.191 e. The smallest absolute Gasteiger partial charge is 0.191 e. The minimum absolute atomic E-state index is 0. The molecule has 6 nitrogen and oxygen atoms in total. The number of hydrogen-bond donors (Lipinski definition) is 0. The van der Waals surface area contributed by atoms with Crippen LogP contribution >= 0.6 is 0 Å². The summed E-state index contributed by atoms with van der Waals surface area (Å²) in [6.07, 6.45) is 3.21. The Labute approximate surface area is 403 Å². The molecule has 0 saturated heterocycles. The van der Waals surface area contributed by atoms with Crippen molar-refractivity contribution in [2.75, 3.05) is 0 Å². The summed E-state index contributed by atoms with van der Waals surface area (Å²) in [4.78, 5) is 9.92. The molecular formula is C58H57IrN5OSi-2. The molecule has 66 heavy (non-hydrogen) atoms. The molecule has 0 atom stereocenters. The third kappa shape index (κ3) is 9.20. The molecule has 8 heteroatoms. The van der Waals surface area contributed by atoms with Gasteiger partial charge >= 0.3 is 0 Å². The number of aromatic nitrogens is 5. The van der Waals surface area contributed by atoms with Crippen molar-refractivity contribution in [1.29, 1.82) is 0 Å². The average Bonchev–Trinajstić information content (AvgIpc) is 3.88. The molecule has 0 fully saturated rings. The van der Waals surface area contributed by atoms with Crippen LogP contribution in [-0.4, -0.2) is 32.8 Å². The molecule has 0 spiro atoms. The number of pyridine rings is 1. The van der Waals surface area contributed by atoms with Gasteiger partial charge in [-0.3, -0.25) is 4.98 Å². The summed E-state index contributed by atoms with van der Waals surface area (Å²) >= 11 is 0. The summed E-state index contributed by atoms with van der Waals surface area (Å²) in [5.74, 6) is 1.22. The summed E-state index contributed by atoms with van der Waals surface area (Å²) in [6, 6.07) is 52.9. The van der Waals surface area contributed by atoms with Gasteiger partial charge in [0, 0.05) is 42.8 Å². The van der Waals surface area contributed by atoms with Gasteiger partial charge in [-0.05, 0) is 81.1 Å². The Kier molecular flexibility index (Phi) is 13.2. The van der Waals surface area contributed by atoms with E-state index in [0.717, 1.165) is 73.1 Å². The first kappa shape index (κ1) is 46.5. The summed E-state index contributed by atoms with van der Waals surface area (Å²) in [5.41, 5.74) is 14.7. The summed E-state index contributed by atoms with van der Waals surface area (Å²) in [6.45, 7) is 23.1. The van der Waals surface area contributed by atoms with E-state index in [0.29, 0.717) is 5.65 Å². The second kappa shape index (κ2) is 18.7. The van der Waals surface area contributed by atoms with Crippen molar-refractivity contribution < 1.29 is 24.5 Å². The molecule has 0 N–H and O–H groups in total. The fourth-order valence-electron chi connectivity index (χ4n) is 9.03. The zero-order valence-corrected chi connectivity index (χ0v) is 43.0. The second-order valence-corrected chi connectivity index (χ2v) is 25.1. The minimum atomic E-state index is -1.37. The standard InChI is InChI=1S/C39H31N4O.C19H26NSi.Ir/c1-23(2)31-21-26(25-13-6-5-7-14-25)22-32(24(3)4)35(31)43-36-29-16-8-10-19-33(29)41-42-38(36)40-39(43)30-18-12-17-28-27-15-9-11-20-34(27)44-37(28)30;1-19(2,3)13-16-12-17(15-10-8-7-9-11-15)20-14-18(16)21(4,5)6;/h5-17,19-24H,1-4H3;7-10,12,14H,13H2,1-6H3;/q2*-1;. The molecule has 0 aliphatic rings. The van der Waals surface area contributed by atoms with Gasteiger partial charge < -0.3 is 14.0 Å². The largest absolute Gasteiger partial charge is 0.501 e. The van der Waals surface area contributed by atoms with Crippen LogP contribution < -0.4 is 5.19 Å². The molecule has 0 saturated carbocycles. The zero-order chi connectivity index (χ0) is 45.6. The molecule has 0 unspecified atom stereocenters. The molecule has 0 bridgehead atoms. The molecule has 4 aromatic heterocycles. The Bertz CT molecular complexity index is 3290.